The van der Waals surface area contributed by atoms with E-state index in [0.717, 1.165) is 4.68 Å². The molecule has 1 N–H and O–H groups in total. The van der Waals surface area contributed by atoms with Gasteiger partial charge in [0.2, 0.25) is 0 Å². The molecule has 0 amide bonds. The van der Waals surface area contributed by atoms with E-state index in [2.05, 4.69) is 5.10 Å². The Morgan fingerprint density at radius 3 is 2.76 bits per heavy atom. The molecule has 2 aromatic heterocycles. The third-order valence-electron chi connectivity index (χ3n) is 3.12. The average Bonchev–Trinajstić information content (AvgIpc) is 2.78. The van der Waals surface area contributed by atoms with Gasteiger partial charge in [-0.2, -0.15) is 0 Å². The summed E-state index contributed by atoms with van der Waals surface area (Å²) in [6.45, 7) is -0.131. The lowest BCUT2D eigenvalue weighted by Gasteiger charge is -2.04. The zero-order valence-corrected chi connectivity index (χ0v) is 10.7. The molecule has 0 atom stereocenters. The summed E-state index contributed by atoms with van der Waals surface area (Å²) < 4.78 is 16.5. The van der Waals surface area contributed by atoms with Crippen LogP contribution in [0.3, 0.4) is 0 Å². The van der Waals surface area contributed by atoms with Crippen LogP contribution in [0.2, 0.25) is 0 Å². The number of rotatable bonds is 3. The second-order valence-electron chi connectivity index (χ2n) is 4.45. The van der Waals surface area contributed by atoms with Crippen LogP contribution in [-0.4, -0.2) is 25.3 Å². The Bertz CT molecular complexity index is 898. The first-order valence-corrected chi connectivity index (χ1v) is 6.13. The summed E-state index contributed by atoms with van der Waals surface area (Å²) in [5, 5.41) is 13.0. The first-order valence-electron chi connectivity index (χ1n) is 6.13. The Hall–Kier alpha value is -2.96. The number of hydrogen-bond donors (Lipinski definition) is 1. The number of hydrogen-bond acceptors (Lipinski definition) is 3. The van der Waals surface area contributed by atoms with Crippen LogP contribution < -0.4 is 5.69 Å². The summed E-state index contributed by atoms with van der Waals surface area (Å²) in [6, 6.07) is 9.11. The summed E-state index contributed by atoms with van der Waals surface area (Å²) in [6.07, 6.45) is 1.56. The largest absolute Gasteiger partial charge is 0.478 e. The van der Waals surface area contributed by atoms with Gasteiger partial charge in [0, 0.05) is 11.8 Å². The molecule has 0 aliphatic rings. The maximum atomic E-state index is 14.1. The Morgan fingerprint density at radius 1 is 1.24 bits per heavy atom. The van der Waals surface area contributed by atoms with Gasteiger partial charge in [0.05, 0.1) is 12.1 Å². The second kappa shape index (κ2) is 4.86. The van der Waals surface area contributed by atoms with E-state index in [-0.39, 0.29) is 12.1 Å². The van der Waals surface area contributed by atoms with Gasteiger partial charge in [0.15, 0.2) is 5.65 Å². The molecule has 0 aliphatic carbocycles. The average molecular weight is 287 g/mol. The Labute approximate surface area is 117 Å². The van der Waals surface area contributed by atoms with Crippen LogP contribution in [0.4, 0.5) is 4.39 Å². The minimum absolute atomic E-state index is 0.0976. The summed E-state index contributed by atoms with van der Waals surface area (Å²) in [5.74, 6) is -2.20. The van der Waals surface area contributed by atoms with Crippen LogP contribution in [0, 0.1) is 5.82 Å². The number of fused-ring (bicyclic) bond motifs is 1. The maximum absolute atomic E-state index is 14.1. The molecule has 0 saturated carbocycles. The molecule has 21 heavy (non-hydrogen) atoms. The predicted molar refractivity (Wildman–Crippen MR) is 71.9 cm³/mol. The number of nitrogens with zero attached hydrogens (tertiary/aromatic N) is 3. The summed E-state index contributed by atoms with van der Waals surface area (Å²) in [4.78, 5) is 23.0. The molecule has 3 aromatic rings. The number of carboxylic acid groups (broad SMARTS) is 1. The van der Waals surface area contributed by atoms with E-state index >= 15 is 0 Å². The van der Waals surface area contributed by atoms with Crippen molar-refractivity contribution >= 4 is 11.6 Å². The Morgan fingerprint density at radius 2 is 2.05 bits per heavy atom. The summed E-state index contributed by atoms with van der Waals surface area (Å²) in [5.41, 5.74) is -0.298. The zero-order chi connectivity index (χ0) is 15.0. The highest BCUT2D eigenvalue weighted by Gasteiger charge is 2.15. The first-order chi connectivity index (χ1) is 10.1. The molecule has 6 nitrogen and oxygen atoms in total. The van der Waals surface area contributed by atoms with Crippen molar-refractivity contribution < 1.29 is 14.3 Å². The van der Waals surface area contributed by atoms with Crippen molar-refractivity contribution in [3.63, 3.8) is 0 Å². The fourth-order valence-corrected chi connectivity index (χ4v) is 2.10. The fourth-order valence-electron chi connectivity index (χ4n) is 2.10. The third kappa shape index (κ3) is 2.18. The summed E-state index contributed by atoms with van der Waals surface area (Å²) in [7, 11) is 0. The van der Waals surface area contributed by atoms with Crippen LogP contribution in [0.25, 0.3) is 5.65 Å². The smallest absolute Gasteiger partial charge is 0.350 e. The number of aromatic carboxylic acids is 1. The van der Waals surface area contributed by atoms with Crippen LogP contribution in [0.1, 0.15) is 15.9 Å². The van der Waals surface area contributed by atoms with Crippen LogP contribution in [0.5, 0.6) is 0 Å². The van der Waals surface area contributed by atoms with Crippen molar-refractivity contribution in [1.29, 1.82) is 0 Å². The second-order valence-corrected chi connectivity index (χ2v) is 4.45. The molecule has 2 heterocycles. The molecular formula is C14H10FN3O3. The summed E-state index contributed by atoms with van der Waals surface area (Å²) >= 11 is 0. The molecule has 106 valence electrons. The molecule has 0 fully saturated rings. The predicted octanol–water partition coefficient (Wildman–Crippen LogP) is 1.38. The van der Waals surface area contributed by atoms with Gasteiger partial charge in [-0.05, 0) is 18.2 Å². The fraction of sp³-hybridized carbons (Fsp3) is 0.0714. The number of pyridine rings is 1. The van der Waals surface area contributed by atoms with E-state index in [9.17, 15) is 14.0 Å². The molecule has 0 unspecified atom stereocenters. The van der Waals surface area contributed by atoms with Crippen LogP contribution in [0.15, 0.2) is 47.4 Å². The number of carbonyl (C=O) groups is 1. The molecule has 0 spiro atoms. The van der Waals surface area contributed by atoms with Gasteiger partial charge < -0.3 is 5.11 Å². The standard InChI is InChI=1S/C14H10FN3O3/c15-12-9(4-3-5-10(12)13(19)20)8-18-14(21)17-7-2-1-6-11(17)16-18/h1-7H,8H2,(H,19,20). The minimum atomic E-state index is -1.35. The van der Waals surface area contributed by atoms with Gasteiger partial charge in [-0.15, -0.1) is 5.10 Å². The van der Waals surface area contributed by atoms with E-state index in [1.54, 1.807) is 24.4 Å². The number of benzene rings is 1. The number of carboxylic acids is 1. The lowest BCUT2D eigenvalue weighted by molar-refractivity contribution is 0.0691. The first kappa shape index (κ1) is 13.0. The lowest BCUT2D eigenvalue weighted by Crippen LogP contribution is -2.22. The van der Waals surface area contributed by atoms with Crippen molar-refractivity contribution in [2.75, 3.05) is 0 Å². The van der Waals surface area contributed by atoms with Gasteiger partial charge in [-0.1, -0.05) is 18.2 Å². The molecule has 7 heteroatoms. The topological polar surface area (TPSA) is 76.6 Å². The molecule has 0 radical (unpaired) electrons. The van der Waals surface area contributed by atoms with Gasteiger partial charge in [-0.25, -0.2) is 18.7 Å². The third-order valence-corrected chi connectivity index (χ3v) is 3.12. The van der Waals surface area contributed by atoms with Gasteiger partial charge in [-0.3, -0.25) is 4.40 Å². The van der Waals surface area contributed by atoms with Crippen molar-refractivity contribution in [2.45, 2.75) is 6.54 Å². The highest BCUT2D eigenvalue weighted by atomic mass is 19.1. The molecule has 0 aliphatic heterocycles. The molecule has 1 aromatic carbocycles. The van der Waals surface area contributed by atoms with Gasteiger partial charge in [0.25, 0.3) is 0 Å². The molecule has 3 rings (SSSR count). The number of halogens is 1. The van der Waals surface area contributed by atoms with Crippen LogP contribution in [-0.2, 0) is 6.54 Å². The normalized spacial score (nSPS) is 10.9. The highest BCUT2D eigenvalue weighted by molar-refractivity contribution is 5.88. The molecule has 0 bridgehead atoms. The van der Waals surface area contributed by atoms with Gasteiger partial charge in [0.1, 0.15) is 5.82 Å². The SMILES string of the molecule is O=C(O)c1cccc(Cn2nc3ccccn3c2=O)c1F. The van der Waals surface area contributed by atoms with E-state index in [1.165, 1.54) is 22.6 Å². The zero-order valence-electron chi connectivity index (χ0n) is 10.7. The van der Waals surface area contributed by atoms with Crippen molar-refractivity contribution in [1.82, 2.24) is 14.2 Å². The maximum Gasteiger partial charge on any atom is 0.350 e. The minimum Gasteiger partial charge on any atom is -0.478 e. The lowest BCUT2D eigenvalue weighted by atomic mass is 10.1. The van der Waals surface area contributed by atoms with Crippen molar-refractivity contribution in [2.24, 2.45) is 0 Å². The Balaban J connectivity index is 2.07. The van der Waals surface area contributed by atoms with Crippen molar-refractivity contribution in [3.05, 3.63) is 70.0 Å². The van der Waals surface area contributed by atoms with E-state index in [4.69, 9.17) is 5.11 Å². The van der Waals surface area contributed by atoms with Crippen molar-refractivity contribution in [3.8, 4) is 0 Å². The molecule has 0 saturated heterocycles. The van der Waals surface area contributed by atoms with E-state index < -0.39 is 23.0 Å². The van der Waals surface area contributed by atoms with E-state index in [1.807, 2.05) is 0 Å². The molecular weight excluding hydrogens is 277 g/mol. The highest BCUT2D eigenvalue weighted by Crippen LogP contribution is 2.13. The monoisotopic (exact) mass is 287 g/mol. The van der Waals surface area contributed by atoms with Gasteiger partial charge >= 0.3 is 11.7 Å². The Kier molecular flexibility index (Phi) is 3.02. The van der Waals surface area contributed by atoms with E-state index in [0.29, 0.717) is 5.65 Å². The van der Waals surface area contributed by atoms with Crippen LogP contribution >= 0.6 is 0 Å². The number of aromatic nitrogens is 3. The quantitative estimate of drug-likeness (QED) is 0.789.